The predicted octanol–water partition coefficient (Wildman–Crippen LogP) is 2.75. The number of rotatable bonds is 5. The van der Waals surface area contributed by atoms with Crippen molar-refractivity contribution in [3.63, 3.8) is 0 Å². The molecule has 0 aromatic carbocycles. The van der Waals surface area contributed by atoms with Gasteiger partial charge in [0.15, 0.2) is 18.0 Å². The zero-order valence-corrected chi connectivity index (χ0v) is 14.1. The number of nitrogens with zero attached hydrogens (tertiary/aromatic N) is 3. The number of carbonyl (C=O) groups is 2. The third-order valence-corrected chi connectivity index (χ3v) is 3.64. The molecule has 0 unspecified atom stereocenters. The van der Waals surface area contributed by atoms with Crippen molar-refractivity contribution >= 4 is 23.0 Å². The van der Waals surface area contributed by atoms with E-state index in [9.17, 15) is 9.59 Å². The minimum absolute atomic E-state index is 0.165. The van der Waals surface area contributed by atoms with Crippen molar-refractivity contribution < 1.29 is 23.5 Å². The first-order valence-electron chi connectivity index (χ1n) is 7.66. The molecule has 0 saturated heterocycles. The van der Waals surface area contributed by atoms with E-state index in [2.05, 4.69) is 14.8 Å². The van der Waals surface area contributed by atoms with E-state index in [1.807, 2.05) is 13.8 Å². The van der Waals surface area contributed by atoms with Crippen LogP contribution in [0.1, 0.15) is 46.4 Å². The van der Waals surface area contributed by atoms with Gasteiger partial charge in [-0.15, -0.1) is 0 Å². The van der Waals surface area contributed by atoms with Crippen LogP contribution in [0.25, 0.3) is 11.0 Å². The molecule has 8 heteroatoms. The summed E-state index contributed by atoms with van der Waals surface area (Å²) in [5.74, 6) is -0.898. The minimum Gasteiger partial charge on any atom is -0.465 e. The molecular weight excluding hydrogens is 326 g/mol. The molecule has 3 aromatic rings. The van der Waals surface area contributed by atoms with E-state index in [0.717, 1.165) is 5.39 Å². The van der Waals surface area contributed by atoms with E-state index in [1.54, 1.807) is 16.9 Å². The van der Waals surface area contributed by atoms with Crippen LogP contribution < -0.4 is 0 Å². The van der Waals surface area contributed by atoms with Crippen LogP contribution in [-0.4, -0.2) is 33.8 Å². The van der Waals surface area contributed by atoms with Crippen molar-refractivity contribution in [2.24, 2.45) is 0 Å². The number of hydrogen-bond donors (Lipinski definition) is 0. The summed E-state index contributed by atoms with van der Waals surface area (Å²) in [6.07, 6.45) is 4.43. The highest BCUT2D eigenvalue weighted by molar-refractivity contribution is 5.93. The maximum atomic E-state index is 12.2. The number of ether oxygens (including phenoxy) is 2. The largest absolute Gasteiger partial charge is 0.465 e. The van der Waals surface area contributed by atoms with E-state index in [0.29, 0.717) is 11.2 Å². The first-order valence-corrected chi connectivity index (χ1v) is 7.66. The van der Waals surface area contributed by atoms with Crippen molar-refractivity contribution in [2.45, 2.75) is 26.5 Å². The van der Waals surface area contributed by atoms with Crippen LogP contribution in [0.2, 0.25) is 0 Å². The second kappa shape index (κ2) is 6.76. The molecule has 8 nitrogen and oxygen atoms in total. The Morgan fingerprint density at radius 1 is 1.28 bits per heavy atom. The summed E-state index contributed by atoms with van der Waals surface area (Å²) in [5.41, 5.74) is 1.22. The zero-order valence-electron chi connectivity index (χ0n) is 14.1. The molecule has 3 heterocycles. The highest BCUT2D eigenvalue weighted by Gasteiger charge is 2.18. The minimum atomic E-state index is -0.570. The summed E-state index contributed by atoms with van der Waals surface area (Å²) < 4.78 is 16.8. The van der Waals surface area contributed by atoms with E-state index in [1.165, 1.54) is 25.6 Å². The summed E-state index contributed by atoms with van der Waals surface area (Å²) >= 11 is 0. The van der Waals surface area contributed by atoms with Crippen LogP contribution in [0.3, 0.4) is 0 Å². The van der Waals surface area contributed by atoms with Gasteiger partial charge in [-0.1, -0.05) is 0 Å². The molecule has 0 radical (unpaired) electrons. The predicted molar refractivity (Wildman–Crippen MR) is 87.1 cm³/mol. The molecule has 0 saturated carbocycles. The van der Waals surface area contributed by atoms with Crippen LogP contribution in [0.4, 0.5) is 0 Å². The van der Waals surface area contributed by atoms with Crippen LogP contribution in [-0.2, 0) is 16.1 Å². The molecule has 0 aliphatic carbocycles. The third kappa shape index (κ3) is 3.23. The number of fused-ring (bicyclic) bond motifs is 1. The lowest BCUT2D eigenvalue weighted by atomic mass is 10.2. The van der Waals surface area contributed by atoms with E-state index >= 15 is 0 Å². The number of pyridine rings is 1. The lowest BCUT2D eigenvalue weighted by Gasteiger charge is -2.07. The molecule has 130 valence electrons. The summed E-state index contributed by atoms with van der Waals surface area (Å²) in [4.78, 5) is 28.1. The van der Waals surface area contributed by atoms with E-state index in [4.69, 9.17) is 9.15 Å². The molecule has 0 N–H and O–H groups in total. The van der Waals surface area contributed by atoms with Crippen molar-refractivity contribution in [3.8, 4) is 0 Å². The van der Waals surface area contributed by atoms with Crippen LogP contribution in [0.15, 0.2) is 35.2 Å². The Labute approximate surface area is 143 Å². The normalized spacial score (nSPS) is 11.0. The molecule has 0 bridgehead atoms. The Bertz CT molecular complexity index is 925. The molecule has 0 atom stereocenters. The smallest absolute Gasteiger partial charge is 0.341 e. The van der Waals surface area contributed by atoms with Crippen LogP contribution in [0.5, 0.6) is 0 Å². The molecule has 0 aliphatic heterocycles. The quantitative estimate of drug-likeness (QED) is 0.657. The fourth-order valence-electron chi connectivity index (χ4n) is 2.39. The maximum absolute atomic E-state index is 12.2. The maximum Gasteiger partial charge on any atom is 0.341 e. The molecular formula is C17H17N3O5. The van der Waals surface area contributed by atoms with Crippen molar-refractivity contribution in [3.05, 3.63) is 47.7 Å². The van der Waals surface area contributed by atoms with E-state index in [-0.39, 0.29) is 24.0 Å². The Morgan fingerprint density at radius 2 is 2.08 bits per heavy atom. The number of furan rings is 1. The van der Waals surface area contributed by atoms with Gasteiger partial charge in [0.1, 0.15) is 5.56 Å². The lowest BCUT2D eigenvalue weighted by molar-refractivity contribution is 0.0432. The molecule has 0 fully saturated rings. The van der Waals surface area contributed by atoms with Gasteiger partial charge < -0.3 is 13.9 Å². The Kier molecular flexibility index (Phi) is 4.51. The summed E-state index contributed by atoms with van der Waals surface area (Å²) in [5, 5.41) is 5.00. The number of hydrogen-bond acceptors (Lipinski definition) is 7. The second-order valence-corrected chi connectivity index (χ2v) is 5.64. The molecule has 3 aromatic heterocycles. The van der Waals surface area contributed by atoms with Gasteiger partial charge >= 0.3 is 11.9 Å². The number of aromatic nitrogens is 3. The summed E-state index contributed by atoms with van der Waals surface area (Å²) in [7, 11) is 1.27. The lowest BCUT2D eigenvalue weighted by Crippen LogP contribution is -2.09. The Hall–Kier alpha value is -3.16. The van der Waals surface area contributed by atoms with Gasteiger partial charge in [-0.2, -0.15) is 5.10 Å². The van der Waals surface area contributed by atoms with Gasteiger partial charge in [-0.05, 0) is 26.0 Å². The summed E-state index contributed by atoms with van der Waals surface area (Å²) in [6.45, 7) is 3.82. The molecule has 0 aliphatic rings. The average molecular weight is 343 g/mol. The van der Waals surface area contributed by atoms with Gasteiger partial charge in [0.25, 0.3) is 0 Å². The highest BCUT2D eigenvalue weighted by Crippen LogP contribution is 2.18. The van der Waals surface area contributed by atoms with Crippen molar-refractivity contribution in [1.29, 1.82) is 0 Å². The average Bonchev–Trinajstić information content (AvgIpc) is 3.24. The molecule has 3 rings (SSSR count). The first kappa shape index (κ1) is 16.7. The highest BCUT2D eigenvalue weighted by atomic mass is 16.5. The molecule has 25 heavy (non-hydrogen) atoms. The monoisotopic (exact) mass is 343 g/mol. The SMILES string of the molecule is COC(=O)c1ccoc1COC(=O)c1cnc2c(cnn2C(C)C)c1. The van der Waals surface area contributed by atoms with Crippen LogP contribution >= 0.6 is 0 Å². The Morgan fingerprint density at radius 3 is 2.80 bits per heavy atom. The standard InChI is InChI=1S/C17H17N3O5/c1-10(2)20-15-11(8-19-20)6-12(7-18-15)16(21)25-9-14-13(4-5-24-14)17(22)23-3/h4-8,10H,9H2,1-3H3. The fraction of sp³-hybridized carbons (Fsp3) is 0.294. The third-order valence-electron chi connectivity index (χ3n) is 3.64. The number of esters is 2. The zero-order chi connectivity index (χ0) is 18.0. The molecule has 0 spiro atoms. The Balaban J connectivity index is 1.75. The van der Waals surface area contributed by atoms with Crippen molar-refractivity contribution in [2.75, 3.05) is 7.11 Å². The fourth-order valence-corrected chi connectivity index (χ4v) is 2.39. The topological polar surface area (TPSA) is 96.5 Å². The van der Waals surface area contributed by atoms with E-state index < -0.39 is 11.9 Å². The van der Waals surface area contributed by atoms with Gasteiger partial charge in [0, 0.05) is 17.6 Å². The molecule has 0 amide bonds. The van der Waals surface area contributed by atoms with Gasteiger partial charge in [-0.25, -0.2) is 19.3 Å². The van der Waals surface area contributed by atoms with Gasteiger partial charge in [0.05, 0.1) is 25.1 Å². The van der Waals surface area contributed by atoms with Crippen LogP contribution in [0, 0.1) is 0 Å². The number of carbonyl (C=O) groups excluding carboxylic acids is 2. The van der Waals surface area contributed by atoms with Gasteiger partial charge in [-0.3, -0.25) is 0 Å². The first-order chi connectivity index (χ1) is 12.0. The second-order valence-electron chi connectivity index (χ2n) is 5.64. The number of methoxy groups -OCH3 is 1. The summed E-state index contributed by atoms with van der Waals surface area (Å²) in [6, 6.07) is 3.29. The van der Waals surface area contributed by atoms with Gasteiger partial charge in [0.2, 0.25) is 0 Å². The van der Waals surface area contributed by atoms with Crippen molar-refractivity contribution in [1.82, 2.24) is 14.8 Å².